The molecule has 0 aliphatic carbocycles. The van der Waals surface area contributed by atoms with Crippen molar-refractivity contribution >= 4 is 22.6 Å². The van der Waals surface area contributed by atoms with E-state index in [4.69, 9.17) is 10.5 Å². The summed E-state index contributed by atoms with van der Waals surface area (Å²) in [7, 11) is 0. The maximum absolute atomic E-state index is 12.4. The van der Waals surface area contributed by atoms with Crippen LogP contribution >= 0.6 is 0 Å². The minimum atomic E-state index is -0.572. The number of rotatable bonds is 3. The average molecular weight is 400 g/mol. The Morgan fingerprint density at radius 1 is 1.03 bits per heavy atom. The van der Waals surface area contributed by atoms with Gasteiger partial charge in [0.05, 0.1) is 5.69 Å². The van der Waals surface area contributed by atoms with Crippen LogP contribution in [-0.2, 0) is 11.2 Å². The zero-order valence-corrected chi connectivity index (χ0v) is 17.3. The number of nitrogens with zero attached hydrogens (tertiary/aromatic N) is 3. The van der Waals surface area contributed by atoms with Crippen molar-refractivity contribution in [3.8, 4) is 11.3 Å². The average Bonchev–Trinajstić information content (AvgIpc) is 3.18. The van der Waals surface area contributed by atoms with Crippen molar-refractivity contribution in [1.82, 2.24) is 14.8 Å². The van der Waals surface area contributed by atoms with Crippen molar-refractivity contribution in [2.45, 2.75) is 32.8 Å². The number of anilines is 1. The van der Waals surface area contributed by atoms with Gasteiger partial charge >= 0.3 is 6.09 Å². The highest BCUT2D eigenvalue weighted by molar-refractivity contribution is 6.03. The van der Waals surface area contributed by atoms with Crippen LogP contribution in [0.4, 0.5) is 10.5 Å². The van der Waals surface area contributed by atoms with E-state index in [1.54, 1.807) is 12.4 Å². The Morgan fingerprint density at radius 3 is 2.53 bits per heavy atom. The summed E-state index contributed by atoms with van der Waals surface area (Å²) in [6.45, 7) is 5.50. The lowest BCUT2D eigenvalue weighted by Gasteiger charge is -2.19. The highest BCUT2D eigenvalue weighted by Gasteiger charge is 2.19. The van der Waals surface area contributed by atoms with E-state index in [-0.39, 0.29) is 0 Å². The zero-order chi connectivity index (χ0) is 21.3. The maximum Gasteiger partial charge on any atom is 0.418 e. The van der Waals surface area contributed by atoms with E-state index in [0.29, 0.717) is 17.8 Å². The number of fused-ring (bicyclic) bond motifs is 1. The van der Waals surface area contributed by atoms with Crippen LogP contribution in [0.5, 0.6) is 0 Å². The third-order valence-corrected chi connectivity index (χ3v) is 4.70. The summed E-state index contributed by atoms with van der Waals surface area (Å²) >= 11 is 0. The Kier molecular flexibility index (Phi) is 4.99. The van der Waals surface area contributed by atoms with E-state index in [2.05, 4.69) is 22.3 Å². The highest BCUT2D eigenvalue weighted by atomic mass is 16.6. The van der Waals surface area contributed by atoms with Gasteiger partial charge in [-0.1, -0.05) is 42.5 Å². The first kappa shape index (κ1) is 19.6. The topological polar surface area (TPSA) is 83.0 Å². The molecule has 4 aromatic rings. The summed E-state index contributed by atoms with van der Waals surface area (Å²) in [4.78, 5) is 12.4. The molecule has 2 heterocycles. The van der Waals surface area contributed by atoms with Crippen molar-refractivity contribution < 1.29 is 9.53 Å². The Labute approximate surface area is 175 Å². The van der Waals surface area contributed by atoms with Crippen LogP contribution in [-0.4, -0.2) is 26.5 Å². The summed E-state index contributed by atoms with van der Waals surface area (Å²) in [5, 5.41) is 10.8. The highest BCUT2D eigenvalue weighted by Crippen LogP contribution is 2.33. The third-order valence-electron chi connectivity index (χ3n) is 4.70. The number of nitrogens with two attached hydrogens (primary N) is 1. The number of nitrogen functional groups attached to an aromatic ring is 1. The lowest BCUT2D eigenvalue weighted by Crippen LogP contribution is -2.26. The predicted octanol–water partition coefficient (Wildman–Crippen LogP) is 5.05. The van der Waals surface area contributed by atoms with Gasteiger partial charge in [-0.05, 0) is 38.5 Å². The van der Waals surface area contributed by atoms with Gasteiger partial charge in [0.25, 0.3) is 0 Å². The van der Waals surface area contributed by atoms with Crippen LogP contribution in [0, 0.1) is 0 Å². The molecule has 0 aliphatic rings. The summed E-state index contributed by atoms with van der Waals surface area (Å²) < 4.78 is 6.84. The predicted molar refractivity (Wildman–Crippen MR) is 118 cm³/mol. The van der Waals surface area contributed by atoms with Crippen LogP contribution in [0.15, 0.2) is 67.0 Å². The normalized spacial score (nSPS) is 11.6. The van der Waals surface area contributed by atoms with E-state index >= 15 is 0 Å². The number of aromatic nitrogens is 3. The zero-order valence-electron chi connectivity index (χ0n) is 17.3. The lowest BCUT2D eigenvalue weighted by molar-refractivity contribution is 0.0537. The van der Waals surface area contributed by atoms with Gasteiger partial charge in [-0.15, -0.1) is 5.10 Å². The largest absolute Gasteiger partial charge is 0.443 e. The van der Waals surface area contributed by atoms with E-state index in [9.17, 15) is 4.79 Å². The molecule has 0 spiro atoms. The van der Waals surface area contributed by atoms with Crippen LogP contribution in [0.2, 0.25) is 0 Å². The number of benzene rings is 2. The number of hydrogen-bond acceptors (Lipinski definition) is 5. The third kappa shape index (κ3) is 4.03. The van der Waals surface area contributed by atoms with Crippen LogP contribution in [0.3, 0.4) is 0 Å². The first-order valence-corrected chi connectivity index (χ1v) is 9.81. The molecular formula is C24H24N4O2. The lowest BCUT2D eigenvalue weighted by atomic mass is 10.0. The van der Waals surface area contributed by atoms with Crippen molar-refractivity contribution in [3.63, 3.8) is 0 Å². The van der Waals surface area contributed by atoms with E-state index in [0.717, 1.165) is 27.6 Å². The summed E-state index contributed by atoms with van der Waals surface area (Å²) in [5.74, 6) is 0. The molecule has 2 aromatic heterocycles. The van der Waals surface area contributed by atoms with E-state index in [1.165, 1.54) is 4.57 Å². The minimum absolute atomic E-state index is 0.445. The number of carbonyl (C=O) groups excluding carboxylic acids is 1. The molecule has 0 amide bonds. The van der Waals surface area contributed by atoms with Crippen LogP contribution < -0.4 is 5.73 Å². The molecule has 0 atom stereocenters. The Hall–Kier alpha value is -3.67. The molecule has 0 fully saturated rings. The molecule has 2 N–H and O–H groups in total. The molecular weight excluding hydrogens is 376 g/mol. The van der Waals surface area contributed by atoms with Crippen molar-refractivity contribution in [2.75, 3.05) is 5.73 Å². The smallest absolute Gasteiger partial charge is 0.418 e. The van der Waals surface area contributed by atoms with Crippen molar-refractivity contribution in [2.24, 2.45) is 0 Å². The first-order chi connectivity index (χ1) is 14.3. The molecule has 0 unspecified atom stereocenters. The number of hydrogen-bond donors (Lipinski definition) is 1. The van der Waals surface area contributed by atoms with E-state index < -0.39 is 11.7 Å². The second-order valence-electron chi connectivity index (χ2n) is 8.22. The Balaban J connectivity index is 1.76. The van der Waals surface area contributed by atoms with Gasteiger partial charge in [0.15, 0.2) is 0 Å². The molecule has 152 valence electrons. The SMILES string of the molecule is CC(C)(C)OC(=O)n1ccc(-c2nnc(Cc3ccccc3)c3cccc(N)c23)c1. The van der Waals surface area contributed by atoms with Gasteiger partial charge in [0.2, 0.25) is 0 Å². The molecule has 4 rings (SSSR count). The van der Waals surface area contributed by atoms with Gasteiger partial charge in [0.1, 0.15) is 11.3 Å². The number of carbonyl (C=O) groups is 1. The fraction of sp³-hybridized carbons (Fsp3) is 0.208. The molecule has 0 bridgehead atoms. The van der Waals surface area contributed by atoms with Gasteiger partial charge in [0, 0.05) is 40.8 Å². The molecule has 0 aliphatic heterocycles. The summed E-state index contributed by atoms with van der Waals surface area (Å²) in [6, 6.07) is 17.7. The standard InChI is InChI=1S/C24H24N4O2/c1-24(2,3)30-23(29)28-13-12-17(15-28)22-21-18(10-7-11-19(21)25)20(26-27-22)14-16-8-5-4-6-9-16/h4-13,15H,14,25H2,1-3H3. The molecule has 30 heavy (non-hydrogen) atoms. The second kappa shape index (κ2) is 7.63. The summed E-state index contributed by atoms with van der Waals surface area (Å²) in [6.07, 6.45) is 3.57. The molecule has 6 heteroatoms. The van der Waals surface area contributed by atoms with Gasteiger partial charge in [-0.3, -0.25) is 4.57 Å². The quantitative estimate of drug-likeness (QED) is 0.486. The van der Waals surface area contributed by atoms with E-state index in [1.807, 2.05) is 63.2 Å². The fourth-order valence-corrected chi connectivity index (χ4v) is 3.38. The molecule has 0 saturated carbocycles. The monoisotopic (exact) mass is 400 g/mol. The Morgan fingerprint density at radius 2 is 1.80 bits per heavy atom. The first-order valence-electron chi connectivity index (χ1n) is 9.81. The van der Waals surface area contributed by atoms with Gasteiger partial charge in [-0.2, -0.15) is 5.10 Å². The number of ether oxygens (including phenoxy) is 1. The van der Waals surface area contributed by atoms with Gasteiger partial charge in [-0.25, -0.2) is 4.79 Å². The molecule has 2 aromatic carbocycles. The van der Waals surface area contributed by atoms with Crippen molar-refractivity contribution in [3.05, 3.63) is 78.2 Å². The maximum atomic E-state index is 12.4. The van der Waals surface area contributed by atoms with Crippen molar-refractivity contribution in [1.29, 1.82) is 0 Å². The van der Waals surface area contributed by atoms with Crippen LogP contribution in [0.1, 0.15) is 32.0 Å². The second-order valence-corrected chi connectivity index (χ2v) is 8.22. The molecule has 0 radical (unpaired) electrons. The van der Waals surface area contributed by atoms with Crippen LogP contribution in [0.25, 0.3) is 22.0 Å². The Bertz CT molecular complexity index is 1210. The fourth-order valence-electron chi connectivity index (χ4n) is 3.38. The molecule has 0 saturated heterocycles. The minimum Gasteiger partial charge on any atom is -0.443 e. The summed E-state index contributed by atoms with van der Waals surface area (Å²) in [5.41, 5.74) is 9.80. The van der Waals surface area contributed by atoms with Gasteiger partial charge < -0.3 is 10.5 Å². The molecule has 6 nitrogen and oxygen atoms in total.